The van der Waals surface area contributed by atoms with Crippen LogP contribution in [0.5, 0.6) is 0 Å². The molecule has 3 aliphatic heterocycles. The number of hydrogen-bond acceptors (Lipinski definition) is 2. The molecule has 5 nitrogen and oxygen atoms in total. The van der Waals surface area contributed by atoms with Gasteiger partial charge in [0.15, 0.2) is 0 Å². The van der Waals surface area contributed by atoms with Crippen LogP contribution in [0.2, 0.25) is 0 Å². The van der Waals surface area contributed by atoms with Crippen molar-refractivity contribution in [2.45, 2.75) is 18.9 Å². The number of carbonyl (C=O) groups is 2. The summed E-state index contributed by atoms with van der Waals surface area (Å²) in [6, 6.07) is 0.278. The first-order valence-electron chi connectivity index (χ1n) is 4.98. The molecule has 78 valence electrons. The molecule has 2 amide bonds. The summed E-state index contributed by atoms with van der Waals surface area (Å²) in [5.41, 5.74) is 0. The molecule has 1 N–H and O–H groups in total. The van der Waals surface area contributed by atoms with Crippen molar-refractivity contribution in [2.24, 2.45) is 0 Å². The lowest BCUT2D eigenvalue weighted by molar-refractivity contribution is -0.858. The van der Waals surface area contributed by atoms with E-state index in [0.717, 1.165) is 19.3 Å². The quantitative estimate of drug-likeness (QED) is 0.482. The third-order valence-corrected chi connectivity index (χ3v) is 3.58. The molecule has 3 rings (SSSR count). The third kappa shape index (κ3) is 1.28. The van der Waals surface area contributed by atoms with Crippen molar-refractivity contribution in [2.75, 3.05) is 26.2 Å². The minimum atomic E-state index is -0.740. The lowest BCUT2D eigenvalue weighted by Gasteiger charge is -2.34. The highest BCUT2D eigenvalue weighted by Gasteiger charge is 2.45. The SMILES string of the molecule is O=CN1CC[N+]2(C(=O)O)CCC1CC2. The van der Waals surface area contributed by atoms with E-state index in [1.807, 2.05) is 0 Å². The Hall–Kier alpha value is -1.10. The Morgan fingerprint density at radius 3 is 2.50 bits per heavy atom. The van der Waals surface area contributed by atoms with Crippen LogP contribution in [0.4, 0.5) is 4.79 Å². The van der Waals surface area contributed by atoms with Gasteiger partial charge in [0.05, 0.1) is 19.6 Å². The number of hydrogen-bond donors (Lipinski definition) is 1. The number of rotatable bonds is 1. The van der Waals surface area contributed by atoms with E-state index in [0.29, 0.717) is 26.2 Å². The Morgan fingerprint density at radius 2 is 2.00 bits per heavy atom. The summed E-state index contributed by atoms with van der Waals surface area (Å²) >= 11 is 0. The number of carboxylic acid groups (broad SMARTS) is 1. The number of fused-ring (bicyclic) bond motifs is 4. The first-order chi connectivity index (χ1) is 6.68. The molecular weight excluding hydrogens is 184 g/mol. The van der Waals surface area contributed by atoms with Gasteiger partial charge in [-0.2, -0.15) is 4.79 Å². The van der Waals surface area contributed by atoms with Crippen LogP contribution in [-0.4, -0.2) is 59.2 Å². The predicted molar refractivity (Wildman–Crippen MR) is 48.7 cm³/mol. The molecule has 0 aromatic rings. The zero-order valence-corrected chi connectivity index (χ0v) is 8.06. The van der Waals surface area contributed by atoms with Crippen LogP contribution < -0.4 is 0 Å². The molecule has 0 aromatic carbocycles. The van der Waals surface area contributed by atoms with Crippen LogP contribution in [0.15, 0.2) is 0 Å². The molecule has 3 saturated heterocycles. The van der Waals surface area contributed by atoms with E-state index < -0.39 is 6.09 Å². The minimum absolute atomic E-state index is 0.154. The molecule has 0 aliphatic carbocycles. The monoisotopic (exact) mass is 199 g/mol. The van der Waals surface area contributed by atoms with Crippen LogP contribution >= 0.6 is 0 Å². The maximum Gasteiger partial charge on any atom is 0.513 e. The van der Waals surface area contributed by atoms with Gasteiger partial charge in [-0.1, -0.05) is 0 Å². The van der Waals surface area contributed by atoms with Crippen molar-refractivity contribution in [3.05, 3.63) is 0 Å². The Bertz CT molecular complexity index is 259. The van der Waals surface area contributed by atoms with Crippen LogP contribution in [0.25, 0.3) is 0 Å². The Labute approximate surface area is 82.5 Å². The lowest BCUT2D eigenvalue weighted by Crippen LogP contribution is -2.56. The summed E-state index contributed by atoms with van der Waals surface area (Å²) in [5, 5.41) is 9.16. The zero-order valence-electron chi connectivity index (χ0n) is 8.06. The van der Waals surface area contributed by atoms with E-state index >= 15 is 0 Å². The highest BCUT2D eigenvalue weighted by molar-refractivity contribution is 5.57. The first kappa shape index (κ1) is 9.45. The molecule has 0 spiro atoms. The van der Waals surface area contributed by atoms with E-state index in [2.05, 4.69) is 0 Å². The zero-order chi connectivity index (χ0) is 10.2. The fourth-order valence-corrected chi connectivity index (χ4v) is 2.52. The minimum Gasteiger partial charge on any atom is -0.435 e. The predicted octanol–water partition coefficient (Wildman–Crippen LogP) is 0.116. The number of amides is 2. The van der Waals surface area contributed by atoms with E-state index in [1.165, 1.54) is 0 Å². The van der Waals surface area contributed by atoms with Crippen molar-refractivity contribution in [1.82, 2.24) is 4.90 Å². The van der Waals surface area contributed by atoms with E-state index in [4.69, 9.17) is 5.11 Å². The molecule has 14 heavy (non-hydrogen) atoms. The highest BCUT2D eigenvalue weighted by atomic mass is 16.4. The molecule has 3 heterocycles. The summed E-state index contributed by atoms with van der Waals surface area (Å²) in [4.78, 5) is 23.7. The van der Waals surface area contributed by atoms with Crippen molar-refractivity contribution in [3.63, 3.8) is 0 Å². The maximum absolute atomic E-state index is 11.1. The van der Waals surface area contributed by atoms with Gasteiger partial charge in [-0.3, -0.25) is 4.79 Å². The van der Waals surface area contributed by atoms with Gasteiger partial charge >= 0.3 is 6.09 Å². The van der Waals surface area contributed by atoms with Crippen molar-refractivity contribution >= 4 is 12.5 Å². The lowest BCUT2D eigenvalue weighted by atomic mass is 10.0. The summed E-state index contributed by atoms with van der Waals surface area (Å²) in [6.07, 6.45) is 1.77. The summed E-state index contributed by atoms with van der Waals surface area (Å²) in [7, 11) is 0. The number of carbonyl (C=O) groups excluding carboxylic acids is 1. The van der Waals surface area contributed by atoms with Gasteiger partial charge in [-0.15, -0.1) is 0 Å². The Morgan fingerprint density at radius 1 is 1.36 bits per heavy atom. The number of nitrogens with zero attached hydrogens (tertiary/aromatic N) is 2. The second kappa shape index (κ2) is 3.24. The molecule has 2 bridgehead atoms. The molecule has 0 unspecified atom stereocenters. The van der Waals surface area contributed by atoms with E-state index in [9.17, 15) is 9.59 Å². The molecule has 3 aliphatic rings. The maximum atomic E-state index is 11.1. The van der Waals surface area contributed by atoms with Gasteiger partial charge in [0.25, 0.3) is 0 Å². The van der Waals surface area contributed by atoms with Crippen LogP contribution in [0, 0.1) is 0 Å². The van der Waals surface area contributed by atoms with Crippen LogP contribution in [-0.2, 0) is 4.79 Å². The van der Waals surface area contributed by atoms with Crippen LogP contribution in [0.1, 0.15) is 12.8 Å². The highest BCUT2D eigenvalue weighted by Crippen LogP contribution is 2.26. The number of piperidine rings is 1. The van der Waals surface area contributed by atoms with Gasteiger partial charge in [0, 0.05) is 18.9 Å². The molecular formula is C9H15N2O3+. The summed E-state index contributed by atoms with van der Waals surface area (Å²) < 4.78 is 0.154. The van der Waals surface area contributed by atoms with E-state index in [-0.39, 0.29) is 10.5 Å². The third-order valence-electron chi connectivity index (χ3n) is 3.58. The first-order valence-corrected chi connectivity index (χ1v) is 4.98. The summed E-state index contributed by atoms with van der Waals surface area (Å²) in [5.74, 6) is 0. The molecule has 0 saturated carbocycles. The van der Waals surface area contributed by atoms with Gasteiger partial charge in [-0.05, 0) is 0 Å². The van der Waals surface area contributed by atoms with Crippen molar-refractivity contribution in [1.29, 1.82) is 0 Å². The number of quaternary nitrogens is 1. The molecule has 5 heteroatoms. The standard InChI is InChI=1S/C9H14N2O3/c12-7-10-3-6-11(9(13)14)4-1-8(10)2-5-11/h7-8H,1-6H2/p+1. The second-order valence-electron chi connectivity index (χ2n) is 4.17. The Kier molecular flexibility index (Phi) is 2.19. The van der Waals surface area contributed by atoms with Gasteiger partial charge in [0.1, 0.15) is 6.54 Å². The fourth-order valence-electron chi connectivity index (χ4n) is 2.52. The smallest absolute Gasteiger partial charge is 0.435 e. The van der Waals surface area contributed by atoms with Crippen molar-refractivity contribution in [3.8, 4) is 0 Å². The van der Waals surface area contributed by atoms with Gasteiger partial charge in [-0.25, -0.2) is 4.48 Å². The Balaban J connectivity index is 2.20. The average Bonchev–Trinajstić information content (AvgIpc) is 2.48. The normalized spacial score (nSPS) is 36.6. The van der Waals surface area contributed by atoms with Crippen molar-refractivity contribution < 1.29 is 19.2 Å². The fraction of sp³-hybridized carbons (Fsp3) is 0.778. The largest absolute Gasteiger partial charge is 0.513 e. The molecule has 0 aromatic heterocycles. The molecule has 0 radical (unpaired) electrons. The van der Waals surface area contributed by atoms with E-state index in [1.54, 1.807) is 4.90 Å². The van der Waals surface area contributed by atoms with Gasteiger partial charge in [0.2, 0.25) is 6.41 Å². The molecule has 0 atom stereocenters. The summed E-state index contributed by atoms with van der Waals surface area (Å²) in [6.45, 7) is 2.49. The second-order valence-corrected chi connectivity index (χ2v) is 4.17. The topological polar surface area (TPSA) is 57.6 Å². The molecule has 3 fully saturated rings. The van der Waals surface area contributed by atoms with Gasteiger partial charge < -0.3 is 10.0 Å². The average molecular weight is 199 g/mol. The van der Waals surface area contributed by atoms with Crippen LogP contribution in [0.3, 0.4) is 0 Å².